The first-order chi connectivity index (χ1) is 15.9. The first-order valence-corrected chi connectivity index (χ1v) is 12.9. The van der Waals surface area contributed by atoms with Crippen molar-refractivity contribution >= 4 is 41.6 Å². The maximum Gasteiger partial charge on any atom is 0.407 e. The lowest BCUT2D eigenvalue weighted by atomic mass is 9.96. The van der Waals surface area contributed by atoms with Crippen LogP contribution in [0.4, 0.5) is 5.95 Å². The summed E-state index contributed by atoms with van der Waals surface area (Å²) in [5.41, 5.74) is -1.92. The molecule has 0 radical (unpaired) electrons. The van der Waals surface area contributed by atoms with E-state index in [9.17, 15) is 24.4 Å². The molecule has 0 bridgehead atoms. The van der Waals surface area contributed by atoms with Crippen LogP contribution in [0.2, 0.25) is 0 Å². The summed E-state index contributed by atoms with van der Waals surface area (Å²) >= 11 is 1.04. The molecule has 2 unspecified atom stereocenters. The van der Waals surface area contributed by atoms with Crippen LogP contribution in [0.25, 0.3) is 11.0 Å². The maximum absolute atomic E-state index is 13.1. The Morgan fingerprint density at radius 3 is 2.79 bits per heavy atom. The number of hydrogen-bond acceptors (Lipinski definition) is 11. The molecule has 1 aliphatic heterocycles. The summed E-state index contributed by atoms with van der Waals surface area (Å²) in [5, 5.41) is 24.8. The highest BCUT2D eigenvalue weighted by Crippen LogP contribution is 2.51. The SMILES string of the molecule is CNc1nc2c(ccn2[C@@H]2O[C@H](COP(=O)(OCCSC(C)=O)N(C)C)C(O)[C@]2(C)O)c(=O)[nH]1. The number of hydrogen-bond donors (Lipinski definition) is 4. The van der Waals surface area contributed by atoms with Crippen molar-refractivity contribution in [2.45, 2.75) is 37.9 Å². The lowest BCUT2D eigenvalue weighted by Gasteiger charge is -2.28. The van der Waals surface area contributed by atoms with Gasteiger partial charge in [0.05, 0.1) is 18.6 Å². The van der Waals surface area contributed by atoms with Gasteiger partial charge in [0.25, 0.3) is 5.56 Å². The molecule has 0 spiro atoms. The molecule has 1 saturated heterocycles. The van der Waals surface area contributed by atoms with Crippen LogP contribution in [0.1, 0.15) is 20.1 Å². The van der Waals surface area contributed by atoms with Crippen molar-refractivity contribution in [3.63, 3.8) is 0 Å². The smallest absolute Gasteiger partial charge is 0.387 e. The number of aliphatic hydroxyl groups excluding tert-OH is 1. The molecule has 5 atom stereocenters. The van der Waals surface area contributed by atoms with Crippen LogP contribution in [-0.4, -0.2) is 92.5 Å². The summed E-state index contributed by atoms with van der Waals surface area (Å²) in [6.07, 6.45) is -2.06. The third kappa shape index (κ3) is 5.39. The predicted octanol–water partition coefficient (Wildman–Crippen LogP) is 0.758. The minimum Gasteiger partial charge on any atom is -0.387 e. The highest BCUT2D eigenvalue weighted by molar-refractivity contribution is 8.13. The predicted molar refractivity (Wildman–Crippen MR) is 127 cm³/mol. The van der Waals surface area contributed by atoms with Crippen LogP contribution in [0.5, 0.6) is 0 Å². The number of rotatable bonds is 10. The first-order valence-electron chi connectivity index (χ1n) is 10.5. The van der Waals surface area contributed by atoms with Crippen molar-refractivity contribution < 1.29 is 33.4 Å². The number of aliphatic hydroxyl groups is 2. The number of fused-ring (bicyclic) bond motifs is 1. The summed E-state index contributed by atoms with van der Waals surface area (Å²) < 4.78 is 32.7. The molecular formula is C19H30N5O8PS. The van der Waals surface area contributed by atoms with Crippen LogP contribution >= 0.6 is 19.5 Å². The fourth-order valence-corrected chi connectivity index (χ4v) is 5.27. The van der Waals surface area contributed by atoms with Gasteiger partial charge in [-0.15, -0.1) is 0 Å². The topological polar surface area (TPSA) is 168 Å². The number of ether oxygens (including phenoxy) is 1. The van der Waals surface area contributed by atoms with Crippen LogP contribution in [0.3, 0.4) is 0 Å². The van der Waals surface area contributed by atoms with Crippen molar-refractivity contribution in [3.8, 4) is 0 Å². The largest absolute Gasteiger partial charge is 0.407 e. The van der Waals surface area contributed by atoms with Crippen LogP contribution in [0, 0.1) is 0 Å². The number of carbonyl (C=O) groups excluding carboxylic acids is 1. The van der Waals surface area contributed by atoms with Gasteiger partial charge in [0.15, 0.2) is 17.0 Å². The van der Waals surface area contributed by atoms with Crippen molar-refractivity contribution in [2.24, 2.45) is 0 Å². The molecule has 34 heavy (non-hydrogen) atoms. The normalized spacial score (nSPS) is 26.8. The third-order valence-corrected chi connectivity index (χ3v) is 8.10. The zero-order chi connectivity index (χ0) is 25.3. The zero-order valence-electron chi connectivity index (χ0n) is 19.5. The number of carbonyl (C=O) groups is 1. The summed E-state index contributed by atoms with van der Waals surface area (Å²) in [6, 6.07) is 1.53. The molecule has 1 fully saturated rings. The van der Waals surface area contributed by atoms with Gasteiger partial charge in [-0.2, -0.15) is 4.98 Å². The van der Waals surface area contributed by atoms with Gasteiger partial charge in [-0.05, 0) is 27.1 Å². The van der Waals surface area contributed by atoms with Gasteiger partial charge in [0.2, 0.25) is 5.95 Å². The Morgan fingerprint density at radius 1 is 1.47 bits per heavy atom. The molecule has 2 aromatic rings. The van der Waals surface area contributed by atoms with E-state index in [0.29, 0.717) is 5.75 Å². The number of thioether (sulfide) groups is 1. The van der Waals surface area contributed by atoms with E-state index in [1.54, 1.807) is 7.05 Å². The number of anilines is 1. The van der Waals surface area contributed by atoms with Crippen LogP contribution in [-0.2, 0) is 23.1 Å². The average molecular weight is 520 g/mol. The molecule has 4 N–H and O–H groups in total. The first kappa shape index (κ1) is 26.8. The van der Waals surface area contributed by atoms with E-state index in [0.717, 1.165) is 11.8 Å². The Bertz CT molecular complexity index is 1140. The quantitative estimate of drug-likeness (QED) is 0.257. The summed E-state index contributed by atoms with van der Waals surface area (Å²) in [4.78, 5) is 30.3. The molecule has 0 aliphatic carbocycles. The van der Waals surface area contributed by atoms with Crippen LogP contribution in [0.15, 0.2) is 17.1 Å². The minimum absolute atomic E-state index is 0.0114. The fraction of sp³-hybridized carbons (Fsp3) is 0.632. The van der Waals surface area contributed by atoms with Gasteiger partial charge in [-0.25, -0.2) is 9.24 Å². The highest BCUT2D eigenvalue weighted by Gasteiger charge is 2.54. The molecule has 190 valence electrons. The number of aromatic nitrogens is 3. The van der Waals surface area contributed by atoms with E-state index in [4.69, 9.17) is 13.8 Å². The van der Waals surface area contributed by atoms with Gasteiger partial charge >= 0.3 is 7.75 Å². The second-order valence-electron chi connectivity index (χ2n) is 8.11. The van der Waals surface area contributed by atoms with Crippen molar-refractivity contribution in [1.82, 2.24) is 19.2 Å². The van der Waals surface area contributed by atoms with Crippen molar-refractivity contribution in [2.75, 3.05) is 45.4 Å². The Morgan fingerprint density at radius 2 is 2.18 bits per heavy atom. The minimum atomic E-state index is -3.75. The molecule has 3 heterocycles. The average Bonchev–Trinajstić information content (AvgIpc) is 3.28. The number of H-pyrrole nitrogens is 1. The maximum atomic E-state index is 13.1. The van der Waals surface area contributed by atoms with E-state index in [-0.39, 0.29) is 40.9 Å². The van der Waals surface area contributed by atoms with Gasteiger partial charge < -0.3 is 24.8 Å². The lowest BCUT2D eigenvalue weighted by Crippen LogP contribution is -2.44. The Kier molecular flexibility index (Phi) is 8.26. The van der Waals surface area contributed by atoms with E-state index in [1.807, 2.05) is 0 Å². The van der Waals surface area contributed by atoms with Gasteiger partial charge in [0.1, 0.15) is 17.8 Å². The summed E-state index contributed by atoms with van der Waals surface area (Å²) in [7, 11) is 0.877. The Balaban J connectivity index is 1.78. The molecule has 13 nitrogen and oxygen atoms in total. The molecule has 15 heteroatoms. The fourth-order valence-electron chi connectivity index (χ4n) is 3.50. The lowest BCUT2D eigenvalue weighted by molar-refractivity contribution is -0.109. The molecular weight excluding hydrogens is 489 g/mol. The molecule has 1 aliphatic rings. The van der Waals surface area contributed by atoms with Crippen molar-refractivity contribution in [3.05, 3.63) is 22.6 Å². The molecule has 2 aromatic heterocycles. The second kappa shape index (κ2) is 10.5. The van der Waals surface area contributed by atoms with Gasteiger partial charge in [0, 0.05) is 25.9 Å². The van der Waals surface area contributed by atoms with E-state index in [2.05, 4.69) is 15.3 Å². The van der Waals surface area contributed by atoms with Crippen LogP contribution < -0.4 is 10.9 Å². The van der Waals surface area contributed by atoms with E-state index in [1.165, 1.54) is 49.4 Å². The number of aromatic amines is 1. The number of nitrogens with zero attached hydrogens (tertiary/aromatic N) is 3. The van der Waals surface area contributed by atoms with E-state index >= 15 is 0 Å². The Labute approximate surface area is 200 Å². The molecule has 0 saturated carbocycles. The zero-order valence-corrected chi connectivity index (χ0v) is 21.3. The summed E-state index contributed by atoms with van der Waals surface area (Å²) in [5.74, 6) is 0.527. The van der Waals surface area contributed by atoms with Gasteiger partial charge in [-0.1, -0.05) is 11.8 Å². The van der Waals surface area contributed by atoms with Crippen molar-refractivity contribution in [1.29, 1.82) is 0 Å². The standard InChI is InChI=1S/C19H30N5O8PS/c1-11(25)34-9-8-30-33(29,23(4)5)31-10-13-14(26)19(2,28)17(32-13)24-7-6-12-15(24)21-18(20-3)22-16(12)27/h6-7,13-14,17,26,28H,8-10H2,1-5H3,(H2,20,21,22,27)/t13-,14?,17-,19+,33?/m1/s1. The Hall–Kier alpha value is -1.77. The highest BCUT2D eigenvalue weighted by atomic mass is 32.2. The third-order valence-electron chi connectivity index (χ3n) is 5.36. The van der Waals surface area contributed by atoms with Gasteiger partial charge in [-0.3, -0.25) is 23.6 Å². The summed E-state index contributed by atoms with van der Waals surface area (Å²) in [6.45, 7) is 2.48. The van der Waals surface area contributed by atoms with E-state index < -0.39 is 31.8 Å². The molecule has 0 aromatic carbocycles. The molecule has 3 rings (SSSR count). The number of nitrogens with one attached hydrogen (secondary N) is 2. The second-order valence-corrected chi connectivity index (χ2v) is 11.6. The monoisotopic (exact) mass is 519 g/mol. The molecule has 0 amide bonds.